The van der Waals surface area contributed by atoms with Crippen molar-refractivity contribution in [3.63, 3.8) is 0 Å². The lowest BCUT2D eigenvalue weighted by Crippen LogP contribution is -2.14. The number of phenols is 1. The Hall–Kier alpha value is -6.00. The number of aromatic hydroxyl groups is 1. The minimum Gasteiger partial charge on any atom is -0.507 e. The highest BCUT2D eigenvalue weighted by atomic mass is 16.3. The molecule has 0 bridgehead atoms. The number of benzene rings is 6. The Bertz CT molecular complexity index is 3090. The van der Waals surface area contributed by atoms with Crippen LogP contribution in [0.5, 0.6) is 5.75 Å². The Kier molecular flexibility index (Phi) is 12.2. The predicted molar refractivity (Wildman–Crippen MR) is 285 cm³/mol. The highest BCUT2D eigenvalue weighted by Gasteiger charge is 2.27. The smallest absolute Gasteiger partial charge is 0.231 e. The van der Waals surface area contributed by atoms with Gasteiger partial charge in [0.2, 0.25) is 5.89 Å². The summed E-state index contributed by atoms with van der Waals surface area (Å²) < 4.78 is 6.78. The van der Waals surface area contributed by atoms with Gasteiger partial charge in [-0.1, -0.05) is 178 Å². The molecule has 0 saturated carbocycles. The summed E-state index contributed by atoms with van der Waals surface area (Å²) >= 11 is 0. The molecular formula is C63H72N2O2. The van der Waals surface area contributed by atoms with Gasteiger partial charge in [0.1, 0.15) is 11.3 Å². The second-order valence-corrected chi connectivity index (χ2v) is 23.9. The number of hydrogen-bond acceptors (Lipinski definition) is 4. The molecule has 0 fully saturated rings. The molecule has 8 aromatic rings. The summed E-state index contributed by atoms with van der Waals surface area (Å²) in [7, 11) is 0. The first kappa shape index (κ1) is 47.5. The second kappa shape index (κ2) is 17.3. The lowest BCUT2D eigenvalue weighted by molar-refractivity contribution is 0.388. The van der Waals surface area contributed by atoms with Gasteiger partial charge >= 0.3 is 0 Å². The summed E-state index contributed by atoms with van der Waals surface area (Å²) in [6.07, 6.45) is 1.98. The molecule has 1 N–H and O–H groups in total. The van der Waals surface area contributed by atoms with Crippen molar-refractivity contribution in [1.82, 2.24) is 9.97 Å². The van der Waals surface area contributed by atoms with Crippen LogP contribution in [0, 0.1) is 11.8 Å². The van der Waals surface area contributed by atoms with Crippen LogP contribution >= 0.6 is 0 Å². The van der Waals surface area contributed by atoms with Crippen molar-refractivity contribution < 1.29 is 9.52 Å². The number of aromatic nitrogens is 2. The standard InChI is InChI=1S/C63H72N2O2/c1-37(2)56(38(3)4)44-30-42(29-43(31-44)51-35-48(63(14,15)16)36-52-49(27-28-64-57(51)52)40-19-23-46(24-20-40)61(8,9)10)50-32-41(39-17-21-45(22-18-39)60(5,6)7)33-55-58(50)65-59(67-55)53-34-47(62(11,12)13)25-26-54(53)66/h17-38,56,66H,1-16H3. The molecule has 0 aliphatic rings. The van der Waals surface area contributed by atoms with E-state index >= 15 is 0 Å². The molecule has 0 aliphatic carbocycles. The van der Waals surface area contributed by atoms with Crippen molar-refractivity contribution in [1.29, 1.82) is 0 Å². The fourth-order valence-electron chi connectivity index (χ4n) is 9.87. The van der Waals surface area contributed by atoms with Crippen molar-refractivity contribution >= 4 is 22.0 Å². The molecule has 0 radical (unpaired) electrons. The zero-order valence-electron chi connectivity index (χ0n) is 43.0. The minimum atomic E-state index is -0.132. The third-order valence-corrected chi connectivity index (χ3v) is 13.8. The normalized spacial score (nSPS) is 12.9. The summed E-state index contributed by atoms with van der Waals surface area (Å²) in [5.74, 6) is 1.61. The minimum absolute atomic E-state index is 0.0260. The first-order chi connectivity index (χ1) is 31.3. The average Bonchev–Trinajstić information content (AvgIpc) is 3.68. The van der Waals surface area contributed by atoms with E-state index in [0.29, 0.717) is 28.9 Å². The molecule has 0 amide bonds. The first-order valence-corrected chi connectivity index (χ1v) is 24.4. The van der Waals surface area contributed by atoms with Gasteiger partial charge in [0.05, 0.1) is 11.1 Å². The molecule has 2 heterocycles. The largest absolute Gasteiger partial charge is 0.507 e. The monoisotopic (exact) mass is 889 g/mol. The van der Waals surface area contributed by atoms with Crippen LogP contribution in [0.15, 0.2) is 126 Å². The number of pyridine rings is 1. The highest BCUT2D eigenvalue weighted by molar-refractivity contribution is 6.04. The fourth-order valence-corrected chi connectivity index (χ4v) is 9.87. The zero-order chi connectivity index (χ0) is 48.5. The van der Waals surface area contributed by atoms with E-state index in [0.717, 1.165) is 55.4 Å². The van der Waals surface area contributed by atoms with Crippen LogP contribution in [0.2, 0.25) is 0 Å². The van der Waals surface area contributed by atoms with E-state index in [-0.39, 0.29) is 33.3 Å². The Morgan fingerprint density at radius 1 is 0.433 bits per heavy atom. The van der Waals surface area contributed by atoms with Gasteiger partial charge in [-0.05, 0) is 149 Å². The van der Waals surface area contributed by atoms with Gasteiger partial charge in [0.15, 0.2) is 5.58 Å². The third-order valence-electron chi connectivity index (χ3n) is 13.8. The Labute approximate surface area is 401 Å². The van der Waals surface area contributed by atoms with Gasteiger partial charge in [-0.15, -0.1) is 0 Å². The summed E-state index contributed by atoms with van der Waals surface area (Å²) in [5.41, 5.74) is 17.8. The molecule has 0 unspecified atom stereocenters. The van der Waals surface area contributed by atoms with Crippen molar-refractivity contribution in [2.45, 2.75) is 138 Å². The Morgan fingerprint density at radius 3 is 1.48 bits per heavy atom. The lowest BCUT2D eigenvalue weighted by atomic mass is 9.77. The van der Waals surface area contributed by atoms with Gasteiger partial charge < -0.3 is 9.52 Å². The molecule has 8 rings (SSSR count). The van der Waals surface area contributed by atoms with Crippen molar-refractivity contribution in [2.24, 2.45) is 11.8 Å². The Balaban J connectivity index is 1.43. The van der Waals surface area contributed by atoms with E-state index in [2.05, 4.69) is 208 Å². The maximum absolute atomic E-state index is 11.4. The number of fused-ring (bicyclic) bond motifs is 2. The highest BCUT2D eigenvalue weighted by Crippen LogP contribution is 2.45. The average molecular weight is 889 g/mol. The van der Waals surface area contributed by atoms with E-state index in [9.17, 15) is 5.11 Å². The van der Waals surface area contributed by atoms with Crippen LogP contribution in [0.3, 0.4) is 0 Å². The van der Waals surface area contributed by atoms with Gasteiger partial charge in [0.25, 0.3) is 0 Å². The predicted octanol–water partition coefficient (Wildman–Crippen LogP) is 18.0. The van der Waals surface area contributed by atoms with E-state index in [1.807, 2.05) is 18.3 Å². The molecule has 0 atom stereocenters. The van der Waals surface area contributed by atoms with Crippen LogP contribution < -0.4 is 0 Å². The SMILES string of the molecule is CC(C)C(c1cc(-c2cc(-c3ccc(C(C)(C)C)cc3)cc3oc(-c4cc(C(C)(C)C)ccc4O)nc23)cc(-c2cc(C(C)(C)C)cc3c(-c4ccc(C(C)(C)C)cc4)ccnc23)c1)C(C)C. The summed E-state index contributed by atoms with van der Waals surface area (Å²) in [4.78, 5) is 10.5. The van der Waals surface area contributed by atoms with E-state index < -0.39 is 0 Å². The van der Waals surface area contributed by atoms with Crippen LogP contribution in [-0.2, 0) is 21.7 Å². The van der Waals surface area contributed by atoms with Crippen LogP contribution in [0.1, 0.15) is 145 Å². The van der Waals surface area contributed by atoms with Gasteiger partial charge in [-0.2, -0.15) is 0 Å². The van der Waals surface area contributed by atoms with E-state index in [1.54, 1.807) is 6.07 Å². The van der Waals surface area contributed by atoms with Gasteiger partial charge in [-0.3, -0.25) is 4.98 Å². The maximum Gasteiger partial charge on any atom is 0.231 e. The molecule has 4 nitrogen and oxygen atoms in total. The molecule has 0 aliphatic heterocycles. The molecule has 67 heavy (non-hydrogen) atoms. The molecule has 6 aromatic carbocycles. The number of hydrogen-bond donors (Lipinski definition) is 1. The fraction of sp³-hybridized carbons (Fsp3) is 0.365. The summed E-state index contributed by atoms with van der Waals surface area (Å²) in [5, 5.41) is 12.5. The number of nitrogens with zero attached hydrogens (tertiary/aromatic N) is 2. The molecule has 0 spiro atoms. The molecular weight excluding hydrogens is 817 g/mol. The lowest BCUT2D eigenvalue weighted by Gasteiger charge is -2.27. The van der Waals surface area contributed by atoms with Crippen LogP contribution in [0.4, 0.5) is 0 Å². The summed E-state index contributed by atoms with van der Waals surface area (Å²) in [6, 6.07) is 42.3. The van der Waals surface area contributed by atoms with Gasteiger partial charge in [-0.25, -0.2) is 4.98 Å². The Morgan fingerprint density at radius 2 is 0.940 bits per heavy atom. The molecule has 2 aromatic heterocycles. The van der Waals surface area contributed by atoms with Crippen LogP contribution in [-0.4, -0.2) is 15.1 Å². The number of oxazole rings is 1. The first-order valence-electron chi connectivity index (χ1n) is 24.4. The molecule has 0 saturated heterocycles. The third kappa shape index (κ3) is 9.60. The molecule has 346 valence electrons. The van der Waals surface area contributed by atoms with Crippen molar-refractivity contribution in [2.75, 3.05) is 0 Å². The zero-order valence-corrected chi connectivity index (χ0v) is 43.0. The number of rotatable bonds is 8. The van der Waals surface area contributed by atoms with E-state index in [4.69, 9.17) is 14.4 Å². The number of phenolic OH excluding ortho intramolecular Hbond substituents is 1. The van der Waals surface area contributed by atoms with Crippen LogP contribution in [0.25, 0.3) is 78.0 Å². The summed E-state index contributed by atoms with van der Waals surface area (Å²) in [6.45, 7) is 36.3. The van der Waals surface area contributed by atoms with Gasteiger partial charge in [0, 0.05) is 22.7 Å². The van der Waals surface area contributed by atoms with Crippen molar-refractivity contribution in [3.05, 3.63) is 149 Å². The molecule has 4 heteroatoms. The van der Waals surface area contributed by atoms with E-state index in [1.165, 1.54) is 33.4 Å². The second-order valence-electron chi connectivity index (χ2n) is 23.9. The maximum atomic E-state index is 11.4. The topological polar surface area (TPSA) is 59.2 Å². The van der Waals surface area contributed by atoms with Crippen molar-refractivity contribution in [3.8, 4) is 61.7 Å². The quantitative estimate of drug-likeness (QED) is 0.165.